The predicted octanol–water partition coefficient (Wildman–Crippen LogP) is 6.61. The summed E-state index contributed by atoms with van der Waals surface area (Å²) in [6, 6.07) is 14.0. The van der Waals surface area contributed by atoms with Crippen LogP contribution in [0, 0.1) is 7.14 Å². The minimum atomic E-state index is -5.75. The van der Waals surface area contributed by atoms with Crippen molar-refractivity contribution >= 4 is 30.4 Å². The van der Waals surface area contributed by atoms with Crippen molar-refractivity contribution in [2.45, 2.75) is 57.9 Å². The number of benzene rings is 2. The van der Waals surface area contributed by atoms with Crippen LogP contribution in [0.15, 0.2) is 48.5 Å². The maximum atomic E-state index is 13.2. The van der Waals surface area contributed by atoms with Gasteiger partial charge in [0.05, 0.1) is 0 Å². The Labute approximate surface area is 178 Å². The van der Waals surface area contributed by atoms with Crippen LogP contribution < -0.4 is 0 Å². The first kappa shape index (κ1) is 24.1. The fraction of sp³-hybridized carbons (Fsp3) is 0.429. The summed E-state index contributed by atoms with van der Waals surface area (Å²) in [5.74, 6) is 0. The summed E-state index contributed by atoms with van der Waals surface area (Å²) < 4.78 is 69.8. The van der Waals surface area contributed by atoms with Gasteiger partial charge in [-0.1, -0.05) is 0 Å². The van der Waals surface area contributed by atoms with Crippen molar-refractivity contribution in [2.75, 3.05) is 0 Å². The van der Waals surface area contributed by atoms with E-state index in [1.54, 1.807) is 36.4 Å². The molecule has 2 rings (SSSR count). The molecule has 8 heteroatoms. The van der Waals surface area contributed by atoms with Crippen LogP contribution in [0.3, 0.4) is 0 Å². The fourth-order valence-electron chi connectivity index (χ4n) is 2.73. The Morgan fingerprint density at radius 2 is 1.07 bits per heavy atom. The third-order valence-corrected chi connectivity index (χ3v) is 11.5. The SMILES string of the molecule is CC(C)(C)c1ccccc1I(OS(=O)(=O)C(F)(F)F)c1ccccc1C(C)(C)C. The Morgan fingerprint density at radius 1 is 0.724 bits per heavy atom. The Kier molecular flexibility index (Phi) is 6.81. The molecule has 0 amide bonds. The van der Waals surface area contributed by atoms with Crippen LogP contribution in [0.2, 0.25) is 0 Å². The second-order valence-electron chi connectivity index (χ2n) is 8.67. The summed E-state index contributed by atoms with van der Waals surface area (Å²) in [4.78, 5) is 0. The maximum absolute atomic E-state index is 13.2. The van der Waals surface area contributed by atoms with Gasteiger partial charge >= 0.3 is 179 Å². The molecule has 0 aliphatic rings. The van der Waals surface area contributed by atoms with Gasteiger partial charge in [-0.2, -0.15) is 0 Å². The van der Waals surface area contributed by atoms with Crippen LogP contribution in [0.5, 0.6) is 0 Å². The van der Waals surface area contributed by atoms with Crippen molar-refractivity contribution in [3.8, 4) is 0 Å². The number of hydrogen-bond donors (Lipinski definition) is 0. The monoisotopic (exact) mass is 542 g/mol. The molecule has 0 aromatic heterocycles. The van der Waals surface area contributed by atoms with Crippen LogP contribution in [-0.4, -0.2) is 13.9 Å². The zero-order valence-electron chi connectivity index (χ0n) is 17.3. The van der Waals surface area contributed by atoms with Gasteiger partial charge in [0.25, 0.3) is 0 Å². The van der Waals surface area contributed by atoms with Gasteiger partial charge in [0.2, 0.25) is 0 Å². The molecule has 0 saturated carbocycles. The molecule has 162 valence electrons. The molecule has 0 radical (unpaired) electrons. The normalized spacial score (nSPS) is 14.0. The summed E-state index contributed by atoms with van der Waals surface area (Å²) in [5, 5.41) is 0. The van der Waals surface area contributed by atoms with Gasteiger partial charge < -0.3 is 0 Å². The molecule has 2 aromatic carbocycles. The number of rotatable bonds is 4. The minimum absolute atomic E-state index is 0.394. The molecule has 29 heavy (non-hydrogen) atoms. The molecule has 0 saturated heterocycles. The van der Waals surface area contributed by atoms with Crippen molar-refractivity contribution in [3.05, 3.63) is 66.8 Å². The van der Waals surface area contributed by atoms with E-state index in [1.165, 1.54) is 0 Å². The van der Waals surface area contributed by atoms with E-state index in [-0.39, 0.29) is 0 Å². The van der Waals surface area contributed by atoms with Gasteiger partial charge in [-0.3, -0.25) is 0 Å². The second kappa shape index (κ2) is 8.19. The first-order valence-corrected chi connectivity index (χ1v) is 13.4. The van der Waals surface area contributed by atoms with E-state index in [1.807, 2.05) is 53.7 Å². The molecule has 0 unspecified atom stereocenters. The number of halogens is 4. The Bertz CT molecular complexity index is 914. The van der Waals surface area contributed by atoms with Crippen LogP contribution in [0.25, 0.3) is 0 Å². The summed E-state index contributed by atoms with van der Waals surface area (Å²) >= 11 is -3.50. The Morgan fingerprint density at radius 3 is 1.38 bits per heavy atom. The number of hydrogen-bond acceptors (Lipinski definition) is 3. The van der Waals surface area contributed by atoms with Crippen LogP contribution in [0.1, 0.15) is 52.7 Å². The van der Waals surface area contributed by atoms with Crippen LogP contribution in [-0.2, 0) is 23.5 Å². The number of alkyl halides is 3. The molecule has 0 aliphatic heterocycles. The third-order valence-electron chi connectivity index (χ3n) is 4.16. The van der Waals surface area contributed by atoms with E-state index < -0.39 is 46.7 Å². The molecule has 0 atom stereocenters. The van der Waals surface area contributed by atoms with Crippen molar-refractivity contribution < 1.29 is 24.1 Å². The van der Waals surface area contributed by atoms with Crippen molar-refractivity contribution in [1.29, 1.82) is 0 Å². The van der Waals surface area contributed by atoms with Crippen LogP contribution in [0.4, 0.5) is 13.2 Å². The molecule has 3 nitrogen and oxygen atoms in total. The van der Waals surface area contributed by atoms with E-state index in [9.17, 15) is 21.6 Å². The van der Waals surface area contributed by atoms with Crippen molar-refractivity contribution in [2.24, 2.45) is 0 Å². The molecule has 0 heterocycles. The molecule has 2 aromatic rings. The third kappa shape index (κ3) is 5.52. The molecule has 0 bridgehead atoms. The molecular formula is C21H26F3IO3S. The Balaban J connectivity index is 2.82. The molecule has 0 fully saturated rings. The van der Waals surface area contributed by atoms with Gasteiger partial charge in [-0.05, 0) is 0 Å². The van der Waals surface area contributed by atoms with E-state index in [0.29, 0.717) is 7.14 Å². The fourth-order valence-corrected chi connectivity index (χ4v) is 11.0. The summed E-state index contributed by atoms with van der Waals surface area (Å²) in [6.07, 6.45) is 0. The summed E-state index contributed by atoms with van der Waals surface area (Å²) in [5.41, 5.74) is -4.70. The first-order chi connectivity index (χ1) is 13.1. The quantitative estimate of drug-likeness (QED) is 0.323. The Hall–Kier alpha value is -1.13. The van der Waals surface area contributed by atoms with E-state index in [0.717, 1.165) is 11.1 Å². The van der Waals surface area contributed by atoms with Gasteiger partial charge in [-0.25, -0.2) is 0 Å². The van der Waals surface area contributed by atoms with Gasteiger partial charge in [0.1, 0.15) is 0 Å². The van der Waals surface area contributed by atoms with Gasteiger partial charge in [0, 0.05) is 0 Å². The van der Waals surface area contributed by atoms with Gasteiger partial charge in [0.15, 0.2) is 0 Å². The summed E-state index contributed by atoms with van der Waals surface area (Å²) in [7, 11) is -5.75. The summed E-state index contributed by atoms with van der Waals surface area (Å²) in [6.45, 7) is 11.6. The molecule has 0 N–H and O–H groups in total. The first-order valence-electron chi connectivity index (χ1n) is 8.96. The van der Waals surface area contributed by atoms with E-state index in [2.05, 4.69) is 0 Å². The average molecular weight is 542 g/mol. The van der Waals surface area contributed by atoms with E-state index in [4.69, 9.17) is 2.51 Å². The standard InChI is InChI=1S/C21H26F3IO3S/c1-19(2,3)15-11-7-9-13-17(15)25(28-29(26,27)21(22,23)24)18-14-10-8-12-16(18)20(4,5)6/h7-14H,1-6H3. The predicted molar refractivity (Wildman–Crippen MR) is 118 cm³/mol. The van der Waals surface area contributed by atoms with E-state index >= 15 is 0 Å². The zero-order valence-corrected chi connectivity index (χ0v) is 20.2. The second-order valence-corrected chi connectivity index (χ2v) is 15.0. The van der Waals surface area contributed by atoms with Crippen LogP contribution >= 0.6 is 20.2 Å². The zero-order chi connectivity index (χ0) is 22.3. The van der Waals surface area contributed by atoms with Crippen molar-refractivity contribution in [3.63, 3.8) is 0 Å². The van der Waals surface area contributed by atoms with Crippen molar-refractivity contribution in [1.82, 2.24) is 0 Å². The topological polar surface area (TPSA) is 43.4 Å². The average Bonchev–Trinajstić information content (AvgIpc) is 2.57. The molecular weight excluding hydrogens is 516 g/mol. The van der Waals surface area contributed by atoms with Gasteiger partial charge in [-0.15, -0.1) is 0 Å². The molecule has 0 aliphatic carbocycles. The molecule has 0 spiro atoms.